The van der Waals surface area contributed by atoms with Gasteiger partial charge in [-0.05, 0) is 70.8 Å². The van der Waals surface area contributed by atoms with Gasteiger partial charge >= 0.3 is 5.97 Å². The highest BCUT2D eigenvalue weighted by Crippen LogP contribution is 2.56. The Morgan fingerprint density at radius 1 is 0.659 bits per heavy atom. The van der Waals surface area contributed by atoms with Gasteiger partial charge in [0.25, 0.3) is 0 Å². The number of benzene rings is 5. The van der Waals surface area contributed by atoms with Crippen molar-refractivity contribution in [1.82, 2.24) is 0 Å². The van der Waals surface area contributed by atoms with E-state index in [0.29, 0.717) is 0 Å². The predicted molar refractivity (Wildman–Crippen MR) is 171 cm³/mol. The van der Waals surface area contributed by atoms with E-state index >= 15 is 0 Å². The zero-order valence-corrected chi connectivity index (χ0v) is 22.6. The van der Waals surface area contributed by atoms with E-state index in [4.69, 9.17) is 4.74 Å². The van der Waals surface area contributed by atoms with E-state index in [1.54, 1.807) is 6.08 Å². The summed E-state index contributed by atoms with van der Waals surface area (Å²) in [6, 6.07) is 44.1. The molecule has 198 valence electrons. The van der Waals surface area contributed by atoms with Crippen LogP contribution in [0.3, 0.4) is 0 Å². The highest BCUT2D eigenvalue weighted by atomic mass is 16.6. The third kappa shape index (κ3) is 4.00. The molecular weight excluding hydrogens is 502 g/mol. The largest absolute Gasteiger partial charge is 0.430 e. The molecule has 5 aromatic carbocycles. The van der Waals surface area contributed by atoms with E-state index in [1.807, 2.05) is 36.4 Å². The standard InChI is InChI=1S/C37H29N3O/c1-3-14-27(4-2)29-17-12-19-31(25-29)39-34-22-9-10-23-35(34)40(37(39)38-33-21-8-11-24-36(33)41-37)32-20-13-18-30(26-32)28-15-6-5-7-16-28/h3-26,38H,1-2H2/b27-14+. The molecule has 41 heavy (non-hydrogen) atoms. The fraction of sp³-hybridized carbons (Fsp3) is 0.0270. The number of allylic oxidation sites excluding steroid dienone is 4. The fourth-order valence-corrected chi connectivity index (χ4v) is 5.80. The molecule has 2 aliphatic rings. The second-order valence-corrected chi connectivity index (χ2v) is 10.0. The minimum absolute atomic E-state index is 0.795. The lowest BCUT2D eigenvalue weighted by Gasteiger charge is -2.41. The molecule has 0 aromatic heterocycles. The average molecular weight is 532 g/mol. The Morgan fingerprint density at radius 2 is 1.29 bits per heavy atom. The van der Waals surface area contributed by atoms with Crippen molar-refractivity contribution in [3.05, 3.63) is 164 Å². The van der Waals surface area contributed by atoms with Crippen LogP contribution in [-0.4, -0.2) is 5.97 Å². The van der Waals surface area contributed by atoms with Gasteiger partial charge in [0.15, 0.2) is 0 Å². The molecule has 2 aliphatic heterocycles. The van der Waals surface area contributed by atoms with Crippen molar-refractivity contribution in [2.45, 2.75) is 5.97 Å². The highest BCUT2D eigenvalue weighted by molar-refractivity contribution is 5.93. The first-order valence-corrected chi connectivity index (χ1v) is 13.7. The molecule has 1 N–H and O–H groups in total. The van der Waals surface area contributed by atoms with E-state index < -0.39 is 5.97 Å². The van der Waals surface area contributed by atoms with Gasteiger partial charge in [0.05, 0.1) is 17.1 Å². The Bertz CT molecular complexity index is 1780. The number of nitrogens with one attached hydrogen (secondary N) is 1. The second-order valence-electron chi connectivity index (χ2n) is 10.0. The normalized spacial score (nSPS) is 17.0. The molecule has 0 fully saturated rings. The van der Waals surface area contributed by atoms with Crippen LogP contribution in [0.4, 0.5) is 28.4 Å². The van der Waals surface area contributed by atoms with Crippen molar-refractivity contribution in [1.29, 1.82) is 0 Å². The molecule has 0 saturated heterocycles. The lowest BCUT2D eigenvalue weighted by atomic mass is 10.0. The molecule has 5 aromatic rings. The van der Waals surface area contributed by atoms with Crippen LogP contribution in [0.25, 0.3) is 16.7 Å². The molecule has 1 spiro atoms. The quantitative estimate of drug-likeness (QED) is 0.221. The van der Waals surface area contributed by atoms with E-state index in [2.05, 4.69) is 131 Å². The van der Waals surface area contributed by atoms with Gasteiger partial charge in [-0.2, -0.15) is 0 Å². The van der Waals surface area contributed by atoms with E-state index in [0.717, 1.165) is 56.4 Å². The Labute approximate surface area is 240 Å². The SMILES string of the molecule is C=C/C=C(\C=C)c1cccc(N2c3ccccc3N(c3cccc(-c4ccccc4)c3)C23Nc2ccccc2O3)c1. The zero-order chi connectivity index (χ0) is 27.8. The summed E-state index contributed by atoms with van der Waals surface area (Å²) in [6.45, 7) is 7.91. The first-order chi connectivity index (χ1) is 20.2. The van der Waals surface area contributed by atoms with Crippen molar-refractivity contribution >= 4 is 34.0 Å². The highest BCUT2D eigenvalue weighted by Gasteiger charge is 2.57. The molecule has 0 saturated carbocycles. The Balaban J connectivity index is 1.45. The maximum absolute atomic E-state index is 6.98. The Morgan fingerprint density at radius 3 is 2.00 bits per heavy atom. The first-order valence-electron chi connectivity index (χ1n) is 13.7. The van der Waals surface area contributed by atoms with Gasteiger partial charge < -0.3 is 10.1 Å². The Hall–Kier alpha value is -5.48. The number of hydrogen-bond acceptors (Lipinski definition) is 4. The molecular formula is C37H29N3O. The Kier molecular flexibility index (Phi) is 5.94. The van der Waals surface area contributed by atoms with Gasteiger partial charge in [0, 0.05) is 11.4 Å². The second kappa shape index (κ2) is 9.92. The summed E-state index contributed by atoms with van der Waals surface area (Å²) < 4.78 is 6.98. The third-order valence-electron chi connectivity index (χ3n) is 7.57. The number of fused-ring (bicyclic) bond motifs is 2. The lowest BCUT2D eigenvalue weighted by molar-refractivity contribution is 0.140. The zero-order valence-electron chi connectivity index (χ0n) is 22.6. The molecule has 0 bridgehead atoms. The molecule has 0 aliphatic carbocycles. The van der Waals surface area contributed by atoms with Crippen LogP contribution >= 0.6 is 0 Å². The summed E-state index contributed by atoms with van der Waals surface area (Å²) in [5, 5.41) is 3.78. The summed E-state index contributed by atoms with van der Waals surface area (Å²) in [5.41, 5.74) is 9.34. The third-order valence-corrected chi connectivity index (χ3v) is 7.57. The van der Waals surface area contributed by atoms with E-state index in [9.17, 15) is 0 Å². The molecule has 1 atom stereocenters. The molecule has 4 heteroatoms. The van der Waals surface area contributed by atoms with Gasteiger partial charge in [-0.1, -0.05) is 110 Å². The molecule has 7 rings (SSSR count). The number of ether oxygens (including phenoxy) is 1. The number of hydrogen-bond donors (Lipinski definition) is 1. The maximum Gasteiger partial charge on any atom is 0.361 e. The van der Waals surface area contributed by atoms with Gasteiger partial charge in [0.2, 0.25) is 0 Å². The summed E-state index contributed by atoms with van der Waals surface area (Å²) >= 11 is 0. The number of anilines is 5. The van der Waals surface area contributed by atoms with Crippen molar-refractivity contribution in [3.63, 3.8) is 0 Å². The molecule has 1 unspecified atom stereocenters. The van der Waals surface area contributed by atoms with Crippen LogP contribution < -0.4 is 19.9 Å². The van der Waals surface area contributed by atoms with Crippen molar-refractivity contribution in [2.24, 2.45) is 0 Å². The van der Waals surface area contributed by atoms with Crippen LogP contribution in [0.15, 0.2) is 159 Å². The van der Waals surface area contributed by atoms with Crippen LogP contribution in [0, 0.1) is 0 Å². The summed E-state index contributed by atoms with van der Waals surface area (Å²) in [7, 11) is 0. The number of para-hydroxylation sites is 4. The minimum atomic E-state index is -1.09. The van der Waals surface area contributed by atoms with Crippen LogP contribution in [0.1, 0.15) is 5.56 Å². The van der Waals surface area contributed by atoms with Gasteiger partial charge in [0.1, 0.15) is 5.75 Å². The van der Waals surface area contributed by atoms with E-state index in [1.165, 1.54) is 0 Å². The van der Waals surface area contributed by atoms with Crippen LogP contribution in [-0.2, 0) is 0 Å². The number of rotatable bonds is 6. The maximum atomic E-state index is 6.98. The molecule has 0 radical (unpaired) electrons. The summed E-state index contributed by atoms with van der Waals surface area (Å²) in [6.07, 6.45) is 5.62. The van der Waals surface area contributed by atoms with E-state index in [-0.39, 0.29) is 0 Å². The molecule has 2 heterocycles. The molecule has 4 nitrogen and oxygen atoms in total. The van der Waals surface area contributed by atoms with Gasteiger partial charge in [-0.3, -0.25) is 9.80 Å². The summed E-state index contributed by atoms with van der Waals surface area (Å²) in [4.78, 5) is 4.51. The smallest absolute Gasteiger partial charge is 0.361 e. The average Bonchev–Trinajstić information content (AvgIpc) is 3.54. The lowest BCUT2D eigenvalue weighted by Crippen LogP contribution is -2.61. The van der Waals surface area contributed by atoms with Crippen LogP contribution in [0.2, 0.25) is 0 Å². The van der Waals surface area contributed by atoms with Crippen molar-refractivity contribution < 1.29 is 4.74 Å². The van der Waals surface area contributed by atoms with Crippen molar-refractivity contribution in [2.75, 3.05) is 15.1 Å². The predicted octanol–water partition coefficient (Wildman–Crippen LogP) is 9.51. The minimum Gasteiger partial charge on any atom is -0.430 e. The summed E-state index contributed by atoms with van der Waals surface area (Å²) in [5.74, 6) is -0.290. The first kappa shape index (κ1) is 24.6. The fourth-order valence-electron chi connectivity index (χ4n) is 5.80. The number of nitrogens with zero attached hydrogens (tertiary/aromatic N) is 2. The van der Waals surface area contributed by atoms with Crippen molar-refractivity contribution in [3.8, 4) is 16.9 Å². The van der Waals surface area contributed by atoms with Crippen LogP contribution in [0.5, 0.6) is 5.75 Å². The van der Waals surface area contributed by atoms with Gasteiger partial charge in [-0.25, -0.2) is 0 Å². The van der Waals surface area contributed by atoms with Gasteiger partial charge in [-0.15, -0.1) is 0 Å². The monoisotopic (exact) mass is 531 g/mol. The topological polar surface area (TPSA) is 27.7 Å². The molecule has 0 amide bonds.